The minimum Gasteiger partial charge on any atom is -0.497 e. The zero-order valence-electron chi connectivity index (χ0n) is 9.41. The number of fused-ring (bicyclic) bond motifs is 1. The Morgan fingerprint density at radius 1 is 1.28 bits per heavy atom. The molecular formula is C12H9NO5. The highest BCUT2D eigenvalue weighted by atomic mass is 16.6. The number of aromatic carboxylic acids is 1. The number of carboxylic acid groups (broad SMARTS) is 1. The summed E-state index contributed by atoms with van der Waals surface area (Å²) in [7, 11) is 1.49. The van der Waals surface area contributed by atoms with Gasteiger partial charge in [-0.25, -0.2) is 4.79 Å². The quantitative estimate of drug-likeness (QED) is 0.664. The summed E-state index contributed by atoms with van der Waals surface area (Å²) in [6, 6.07) is 7.46. The number of benzene rings is 2. The van der Waals surface area contributed by atoms with E-state index in [0.717, 1.165) is 0 Å². The van der Waals surface area contributed by atoms with E-state index in [4.69, 9.17) is 9.84 Å². The zero-order valence-corrected chi connectivity index (χ0v) is 9.41. The van der Waals surface area contributed by atoms with Gasteiger partial charge in [-0.05, 0) is 29.0 Å². The summed E-state index contributed by atoms with van der Waals surface area (Å²) in [6.45, 7) is 0. The molecule has 0 unspecified atom stereocenters. The van der Waals surface area contributed by atoms with E-state index in [0.29, 0.717) is 16.5 Å². The number of rotatable bonds is 3. The lowest BCUT2D eigenvalue weighted by Gasteiger charge is -2.04. The Kier molecular flexibility index (Phi) is 2.85. The topological polar surface area (TPSA) is 89.7 Å². The van der Waals surface area contributed by atoms with E-state index in [-0.39, 0.29) is 5.56 Å². The summed E-state index contributed by atoms with van der Waals surface area (Å²) in [4.78, 5) is 21.1. The van der Waals surface area contributed by atoms with Gasteiger partial charge in [0.1, 0.15) is 11.3 Å². The molecule has 0 aliphatic carbocycles. The molecule has 2 aromatic rings. The lowest BCUT2D eigenvalue weighted by Crippen LogP contribution is -2.02. The van der Waals surface area contributed by atoms with Gasteiger partial charge in [0.15, 0.2) is 0 Å². The van der Waals surface area contributed by atoms with Crippen LogP contribution in [0.15, 0.2) is 30.3 Å². The summed E-state index contributed by atoms with van der Waals surface area (Å²) < 4.78 is 5.02. The van der Waals surface area contributed by atoms with Gasteiger partial charge >= 0.3 is 5.97 Å². The number of nitro groups is 1. The van der Waals surface area contributed by atoms with Gasteiger partial charge in [-0.15, -0.1) is 0 Å². The molecule has 0 radical (unpaired) electrons. The maximum atomic E-state index is 11.0. The number of ether oxygens (including phenoxy) is 1. The molecule has 6 heteroatoms. The van der Waals surface area contributed by atoms with E-state index >= 15 is 0 Å². The van der Waals surface area contributed by atoms with E-state index in [1.807, 2.05) is 0 Å². The Balaban J connectivity index is 2.76. The molecule has 18 heavy (non-hydrogen) atoms. The average Bonchev–Trinajstić information content (AvgIpc) is 2.36. The van der Waals surface area contributed by atoms with Crippen LogP contribution in [0.2, 0.25) is 0 Å². The Morgan fingerprint density at radius 3 is 2.56 bits per heavy atom. The van der Waals surface area contributed by atoms with Crippen molar-refractivity contribution >= 4 is 22.4 Å². The molecule has 92 valence electrons. The lowest BCUT2D eigenvalue weighted by atomic mass is 10.0. The second-order valence-corrected chi connectivity index (χ2v) is 3.64. The number of hydrogen-bond donors (Lipinski definition) is 1. The first-order valence-electron chi connectivity index (χ1n) is 5.02. The molecule has 0 amide bonds. The Morgan fingerprint density at radius 2 is 2.00 bits per heavy atom. The summed E-state index contributed by atoms with van der Waals surface area (Å²) in [5.74, 6) is -0.765. The molecule has 2 aromatic carbocycles. The number of nitro benzene ring substituents is 1. The molecule has 6 nitrogen and oxygen atoms in total. The van der Waals surface area contributed by atoms with E-state index < -0.39 is 16.6 Å². The van der Waals surface area contributed by atoms with Gasteiger partial charge in [-0.2, -0.15) is 0 Å². The van der Waals surface area contributed by atoms with Gasteiger partial charge in [0.25, 0.3) is 5.69 Å². The SMILES string of the molecule is COc1ccc2cc([N+](=O)[O-])c(C(=O)O)cc2c1. The number of carbonyl (C=O) groups is 1. The number of hydrogen-bond acceptors (Lipinski definition) is 4. The fourth-order valence-corrected chi connectivity index (χ4v) is 1.71. The lowest BCUT2D eigenvalue weighted by molar-refractivity contribution is -0.385. The van der Waals surface area contributed by atoms with Crippen LogP contribution in [0, 0.1) is 10.1 Å². The largest absolute Gasteiger partial charge is 0.497 e. The maximum Gasteiger partial charge on any atom is 0.342 e. The Hall–Kier alpha value is -2.63. The Bertz CT molecular complexity index is 650. The highest BCUT2D eigenvalue weighted by molar-refractivity contribution is 5.99. The predicted molar refractivity (Wildman–Crippen MR) is 64.1 cm³/mol. The molecular weight excluding hydrogens is 238 g/mol. The van der Waals surface area contributed by atoms with Gasteiger partial charge in [-0.1, -0.05) is 6.07 Å². The summed E-state index contributed by atoms with van der Waals surface area (Å²) >= 11 is 0. The number of nitrogens with zero attached hydrogens (tertiary/aromatic N) is 1. The number of carboxylic acids is 1. The fourth-order valence-electron chi connectivity index (χ4n) is 1.71. The normalized spacial score (nSPS) is 10.3. The summed E-state index contributed by atoms with van der Waals surface area (Å²) in [5.41, 5.74) is -0.749. The zero-order chi connectivity index (χ0) is 13.3. The van der Waals surface area contributed by atoms with Crippen LogP contribution in [0.4, 0.5) is 5.69 Å². The van der Waals surface area contributed by atoms with Crippen LogP contribution < -0.4 is 4.74 Å². The van der Waals surface area contributed by atoms with Crippen LogP contribution in [-0.4, -0.2) is 23.1 Å². The van der Waals surface area contributed by atoms with Crippen molar-refractivity contribution in [1.82, 2.24) is 0 Å². The summed E-state index contributed by atoms with van der Waals surface area (Å²) in [5, 5.41) is 20.9. The first kappa shape index (κ1) is 11.8. The van der Waals surface area contributed by atoms with Crippen molar-refractivity contribution in [3.8, 4) is 5.75 Å². The molecule has 0 atom stereocenters. The smallest absolute Gasteiger partial charge is 0.342 e. The standard InChI is InChI=1S/C12H9NO5/c1-18-9-3-2-7-6-11(13(16)17)10(12(14)15)5-8(7)4-9/h2-6H,1H3,(H,14,15). The highest BCUT2D eigenvalue weighted by Crippen LogP contribution is 2.28. The average molecular weight is 247 g/mol. The van der Waals surface area contributed by atoms with Crippen LogP contribution in [0.25, 0.3) is 10.8 Å². The molecule has 0 fully saturated rings. The molecule has 0 spiro atoms. The van der Waals surface area contributed by atoms with Crippen molar-refractivity contribution in [2.24, 2.45) is 0 Å². The van der Waals surface area contributed by atoms with Crippen LogP contribution in [0.1, 0.15) is 10.4 Å². The van der Waals surface area contributed by atoms with Gasteiger partial charge in [0.05, 0.1) is 12.0 Å². The third-order valence-corrected chi connectivity index (χ3v) is 2.59. The Labute approximate surface area is 102 Å². The van der Waals surface area contributed by atoms with Gasteiger partial charge in [-0.3, -0.25) is 10.1 Å². The van der Waals surface area contributed by atoms with Crippen molar-refractivity contribution in [3.63, 3.8) is 0 Å². The predicted octanol–water partition coefficient (Wildman–Crippen LogP) is 2.45. The molecule has 0 saturated heterocycles. The monoisotopic (exact) mass is 247 g/mol. The minimum absolute atomic E-state index is 0.333. The van der Waals surface area contributed by atoms with E-state index in [1.165, 1.54) is 19.2 Å². The third-order valence-electron chi connectivity index (χ3n) is 2.59. The van der Waals surface area contributed by atoms with E-state index in [1.54, 1.807) is 18.2 Å². The van der Waals surface area contributed by atoms with Crippen molar-refractivity contribution < 1.29 is 19.6 Å². The van der Waals surface area contributed by atoms with Gasteiger partial charge < -0.3 is 9.84 Å². The van der Waals surface area contributed by atoms with E-state index in [2.05, 4.69) is 0 Å². The molecule has 0 heterocycles. The van der Waals surface area contributed by atoms with Crippen molar-refractivity contribution in [1.29, 1.82) is 0 Å². The molecule has 0 saturated carbocycles. The second-order valence-electron chi connectivity index (χ2n) is 3.64. The maximum absolute atomic E-state index is 11.0. The second kappa shape index (κ2) is 4.33. The molecule has 2 rings (SSSR count). The van der Waals surface area contributed by atoms with Crippen molar-refractivity contribution in [2.75, 3.05) is 7.11 Å². The third kappa shape index (κ3) is 1.95. The van der Waals surface area contributed by atoms with Gasteiger partial charge in [0, 0.05) is 6.07 Å². The molecule has 0 aliphatic rings. The summed E-state index contributed by atoms with van der Waals surface area (Å²) in [6.07, 6.45) is 0. The van der Waals surface area contributed by atoms with Crippen molar-refractivity contribution in [3.05, 3.63) is 46.0 Å². The van der Waals surface area contributed by atoms with Crippen LogP contribution in [-0.2, 0) is 0 Å². The molecule has 1 N–H and O–H groups in total. The van der Waals surface area contributed by atoms with Crippen LogP contribution in [0.5, 0.6) is 5.75 Å². The first-order valence-corrected chi connectivity index (χ1v) is 5.02. The molecule has 0 aliphatic heterocycles. The molecule has 0 bridgehead atoms. The van der Waals surface area contributed by atoms with Gasteiger partial charge in [0.2, 0.25) is 0 Å². The van der Waals surface area contributed by atoms with Crippen LogP contribution >= 0.6 is 0 Å². The number of methoxy groups -OCH3 is 1. The molecule has 0 aromatic heterocycles. The fraction of sp³-hybridized carbons (Fsp3) is 0.0833. The highest BCUT2D eigenvalue weighted by Gasteiger charge is 2.20. The van der Waals surface area contributed by atoms with E-state index in [9.17, 15) is 14.9 Å². The van der Waals surface area contributed by atoms with Crippen LogP contribution in [0.3, 0.4) is 0 Å². The first-order chi connectivity index (χ1) is 8.52. The minimum atomic E-state index is -1.33. The van der Waals surface area contributed by atoms with Crippen molar-refractivity contribution in [2.45, 2.75) is 0 Å².